The van der Waals surface area contributed by atoms with Gasteiger partial charge in [-0.1, -0.05) is 22.9 Å². The van der Waals surface area contributed by atoms with E-state index in [1.165, 1.54) is 0 Å². The summed E-state index contributed by atoms with van der Waals surface area (Å²) < 4.78 is 5.49. The van der Waals surface area contributed by atoms with Crippen LogP contribution in [0.5, 0.6) is 0 Å². The average molecular weight is 292 g/mol. The Bertz CT molecular complexity index is 205. The van der Waals surface area contributed by atoms with Gasteiger partial charge >= 0.3 is 0 Å². The van der Waals surface area contributed by atoms with Gasteiger partial charge in [-0.25, -0.2) is 0 Å². The molecule has 0 aliphatic carbocycles. The first-order valence-corrected chi connectivity index (χ1v) is 7.35. The maximum Gasteiger partial charge on any atom is 0.220 e. The minimum absolute atomic E-state index is 0.170. The first kappa shape index (κ1) is 14.0. The summed E-state index contributed by atoms with van der Waals surface area (Å²) in [5, 5.41) is 4.01. The lowest BCUT2D eigenvalue weighted by Crippen LogP contribution is -2.34. The Hall–Kier alpha value is -0.0900. The molecule has 1 aliphatic rings. The Kier molecular flexibility index (Phi) is 7.05. The van der Waals surface area contributed by atoms with Gasteiger partial charge in [0.2, 0.25) is 5.91 Å². The third-order valence-electron chi connectivity index (χ3n) is 3.03. The van der Waals surface area contributed by atoms with E-state index in [-0.39, 0.29) is 5.91 Å². The summed E-state index contributed by atoms with van der Waals surface area (Å²) in [7, 11) is 0. The smallest absolute Gasteiger partial charge is 0.220 e. The van der Waals surface area contributed by atoms with Crippen LogP contribution in [0.1, 0.15) is 45.4 Å². The Morgan fingerprint density at radius 3 is 3.00 bits per heavy atom. The molecular weight excluding hydrogens is 270 g/mol. The number of nitrogens with one attached hydrogen (secondary N) is 1. The molecule has 0 radical (unpaired) electrons. The number of amides is 1. The van der Waals surface area contributed by atoms with E-state index in [9.17, 15) is 4.79 Å². The van der Waals surface area contributed by atoms with Crippen molar-refractivity contribution >= 4 is 21.8 Å². The third kappa shape index (κ3) is 5.30. The topological polar surface area (TPSA) is 38.3 Å². The number of alkyl halides is 1. The van der Waals surface area contributed by atoms with Crippen molar-refractivity contribution in [1.82, 2.24) is 5.32 Å². The standard InChI is InChI=1S/C12H22BrNO2/c1-2-10(7-8-13)14-12(15)6-5-11-4-3-9-16-11/h10-11H,2-9H2,1H3,(H,14,15). The summed E-state index contributed by atoms with van der Waals surface area (Å²) in [4.78, 5) is 11.7. The molecule has 0 spiro atoms. The molecule has 1 fully saturated rings. The first-order valence-electron chi connectivity index (χ1n) is 6.23. The predicted octanol–water partition coefficient (Wildman–Crippen LogP) is 2.63. The van der Waals surface area contributed by atoms with Gasteiger partial charge in [0.1, 0.15) is 0 Å². The van der Waals surface area contributed by atoms with Gasteiger partial charge in [-0.3, -0.25) is 4.79 Å². The zero-order valence-corrected chi connectivity index (χ0v) is 11.6. The summed E-state index contributed by atoms with van der Waals surface area (Å²) in [5.41, 5.74) is 0. The fraction of sp³-hybridized carbons (Fsp3) is 0.917. The third-order valence-corrected chi connectivity index (χ3v) is 3.49. The monoisotopic (exact) mass is 291 g/mol. The second kappa shape index (κ2) is 8.07. The van der Waals surface area contributed by atoms with E-state index in [1.807, 2.05) is 0 Å². The minimum Gasteiger partial charge on any atom is -0.378 e. The normalized spacial score (nSPS) is 22.0. The number of carbonyl (C=O) groups excluding carboxylic acids is 1. The predicted molar refractivity (Wildman–Crippen MR) is 68.8 cm³/mol. The van der Waals surface area contributed by atoms with Crippen LogP contribution in [0.2, 0.25) is 0 Å². The summed E-state index contributed by atoms with van der Waals surface area (Å²) in [6.45, 7) is 2.97. The van der Waals surface area contributed by atoms with Crippen LogP contribution in [0.3, 0.4) is 0 Å². The molecule has 1 heterocycles. The number of halogens is 1. The number of hydrogen-bond acceptors (Lipinski definition) is 2. The van der Waals surface area contributed by atoms with E-state index >= 15 is 0 Å². The Morgan fingerprint density at radius 2 is 2.44 bits per heavy atom. The molecule has 4 heteroatoms. The summed E-state index contributed by atoms with van der Waals surface area (Å²) in [5.74, 6) is 0.170. The van der Waals surface area contributed by atoms with E-state index in [0.29, 0.717) is 18.6 Å². The van der Waals surface area contributed by atoms with Crippen molar-refractivity contribution in [3.63, 3.8) is 0 Å². The van der Waals surface area contributed by atoms with E-state index in [2.05, 4.69) is 28.2 Å². The fourth-order valence-corrected chi connectivity index (χ4v) is 2.53. The first-order chi connectivity index (χ1) is 7.76. The van der Waals surface area contributed by atoms with Crippen LogP contribution in [0.25, 0.3) is 0 Å². The van der Waals surface area contributed by atoms with E-state index in [1.54, 1.807) is 0 Å². The maximum absolute atomic E-state index is 11.7. The molecule has 16 heavy (non-hydrogen) atoms. The zero-order valence-electron chi connectivity index (χ0n) is 10.0. The molecule has 94 valence electrons. The lowest BCUT2D eigenvalue weighted by molar-refractivity contribution is -0.122. The molecule has 1 N–H and O–H groups in total. The van der Waals surface area contributed by atoms with Gasteiger partial charge in [0.25, 0.3) is 0 Å². The van der Waals surface area contributed by atoms with Crippen molar-refractivity contribution in [2.75, 3.05) is 11.9 Å². The van der Waals surface area contributed by atoms with Crippen molar-refractivity contribution in [2.45, 2.75) is 57.6 Å². The number of rotatable bonds is 7. The highest BCUT2D eigenvalue weighted by molar-refractivity contribution is 9.09. The molecule has 1 amide bonds. The second-order valence-corrected chi connectivity index (χ2v) is 5.12. The Morgan fingerprint density at radius 1 is 1.62 bits per heavy atom. The molecule has 2 atom stereocenters. The molecule has 3 nitrogen and oxygen atoms in total. The highest BCUT2D eigenvalue weighted by Gasteiger charge is 2.17. The van der Waals surface area contributed by atoms with Crippen LogP contribution in [0, 0.1) is 0 Å². The number of carbonyl (C=O) groups is 1. The van der Waals surface area contributed by atoms with Gasteiger partial charge in [-0.2, -0.15) is 0 Å². The van der Waals surface area contributed by atoms with Crippen LogP contribution in [0.4, 0.5) is 0 Å². The molecule has 0 aromatic rings. The molecular formula is C12H22BrNO2. The molecule has 1 rings (SSSR count). The van der Waals surface area contributed by atoms with Crippen molar-refractivity contribution in [3.8, 4) is 0 Å². The van der Waals surface area contributed by atoms with Crippen LogP contribution in [-0.4, -0.2) is 30.0 Å². The van der Waals surface area contributed by atoms with E-state index in [4.69, 9.17) is 4.74 Å². The van der Waals surface area contributed by atoms with Crippen molar-refractivity contribution in [2.24, 2.45) is 0 Å². The fourth-order valence-electron chi connectivity index (χ4n) is 1.97. The number of hydrogen-bond donors (Lipinski definition) is 1. The minimum atomic E-state index is 0.170. The van der Waals surface area contributed by atoms with Crippen molar-refractivity contribution < 1.29 is 9.53 Å². The Balaban J connectivity index is 2.13. The molecule has 2 unspecified atom stereocenters. The van der Waals surface area contributed by atoms with Crippen LogP contribution >= 0.6 is 15.9 Å². The van der Waals surface area contributed by atoms with Crippen molar-refractivity contribution in [3.05, 3.63) is 0 Å². The van der Waals surface area contributed by atoms with Gasteiger partial charge < -0.3 is 10.1 Å². The van der Waals surface area contributed by atoms with Gasteiger partial charge in [0.05, 0.1) is 6.10 Å². The van der Waals surface area contributed by atoms with Gasteiger partial charge in [0, 0.05) is 24.4 Å². The highest BCUT2D eigenvalue weighted by Crippen LogP contribution is 2.16. The maximum atomic E-state index is 11.7. The quantitative estimate of drug-likeness (QED) is 0.733. The summed E-state index contributed by atoms with van der Waals surface area (Å²) in [6, 6.07) is 0.316. The molecule has 1 aliphatic heterocycles. The Labute approximate surface area is 106 Å². The summed E-state index contributed by atoms with van der Waals surface area (Å²) in [6.07, 6.45) is 6.06. The van der Waals surface area contributed by atoms with Crippen LogP contribution < -0.4 is 5.32 Å². The largest absolute Gasteiger partial charge is 0.378 e. The SMILES string of the molecule is CCC(CCBr)NC(=O)CCC1CCCO1. The van der Waals surface area contributed by atoms with Crippen LogP contribution in [0.15, 0.2) is 0 Å². The molecule has 1 saturated heterocycles. The molecule has 0 aromatic heterocycles. The zero-order chi connectivity index (χ0) is 11.8. The van der Waals surface area contributed by atoms with E-state index < -0.39 is 0 Å². The lowest BCUT2D eigenvalue weighted by Gasteiger charge is -2.16. The summed E-state index contributed by atoms with van der Waals surface area (Å²) >= 11 is 3.40. The molecule has 0 saturated carbocycles. The number of ether oxygens (including phenoxy) is 1. The van der Waals surface area contributed by atoms with E-state index in [0.717, 1.165) is 44.0 Å². The molecule has 0 bridgehead atoms. The second-order valence-electron chi connectivity index (χ2n) is 4.32. The lowest BCUT2D eigenvalue weighted by atomic mass is 10.1. The van der Waals surface area contributed by atoms with Gasteiger partial charge in [-0.05, 0) is 32.1 Å². The van der Waals surface area contributed by atoms with Crippen molar-refractivity contribution in [1.29, 1.82) is 0 Å². The van der Waals surface area contributed by atoms with Gasteiger partial charge in [0.15, 0.2) is 0 Å². The van der Waals surface area contributed by atoms with Crippen LogP contribution in [-0.2, 0) is 9.53 Å². The average Bonchev–Trinajstić information content (AvgIpc) is 2.78. The highest BCUT2D eigenvalue weighted by atomic mass is 79.9. The van der Waals surface area contributed by atoms with Gasteiger partial charge in [-0.15, -0.1) is 0 Å². The molecule has 0 aromatic carbocycles.